The standard InChI is InChI=1S/C27H24BrNO5/c1-16-6-4-8-18(12-16)24-23(25(30)19-10-11-22(34-3)21(28)14-19)26(31)27(32)29(24)15-17-7-5-9-20(13-17)33-2/h4-14,24,30H,15H2,1-3H3/b25-23-. The number of likely N-dealkylation sites (tertiary alicyclic amines) is 1. The number of ketones is 1. The van der Waals surface area contributed by atoms with Crippen molar-refractivity contribution in [2.45, 2.75) is 19.5 Å². The van der Waals surface area contributed by atoms with Crippen LogP contribution in [0.1, 0.15) is 28.3 Å². The van der Waals surface area contributed by atoms with E-state index in [1.165, 1.54) is 4.90 Å². The summed E-state index contributed by atoms with van der Waals surface area (Å²) in [6.07, 6.45) is 0. The molecule has 7 heteroatoms. The molecule has 4 rings (SSSR count). The van der Waals surface area contributed by atoms with E-state index >= 15 is 0 Å². The Labute approximate surface area is 206 Å². The molecule has 0 bridgehead atoms. The van der Waals surface area contributed by atoms with Gasteiger partial charge in [0.1, 0.15) is 17.3 Å². The van der Waals surface area contributed by atoms with Crippen molar-refractivity contribution in [2.75, 3.05) is 14.2 Å². The second-order valence-electron chi connectivity index (χ2n) is 8.04. The number of nitrogens with zero attached hydrogens (tertiary/aromatic N) is 1. The van der Waals surface area contributed by atoms with E-state index in [-0.39, 0.29) is 17.9 Å². The lowest BCUT2D eigenvalue weighted by atomic mass is 9.94. The van der Waals surface area contributed by atoms with Gasteiger partial charge in [-0.15, -0.1) is 0 Å². The summed E-state index contributed by atoms with van der Waals surface area (Å²) in [5, 5.41) is 11.3. The predicted molar refractivity (Wildman–Crippen MR) is 133 cm³/mol. The van der Waals surface area contributed by atoms with E-state index in [2.05, 4.69) is 15.9 Å². The van der Waals surface area contributed by atoms with Gasteiger partial charge in [0.25, 0.3) is 11.7 Å². The highest BCUT2D eigenvalue weighted by Gasteiger charge is 2.46. The molecule has 1 fully saturated rings. The van der Waals surface area contributed by atoms with Gasteiger partial charge in [0.2, 0.25) is 0 Å². The van der Waals surface area contributed by atoms with Gasteiger partial charge in [-0.3, -0.25) is 9.59 Å². The largest absolute Gasteiger partial charge is 0.507 e. The normalized spacial score (nSPS) is 17.2. The van der Waals surface area contributed by atoms with E-state index in [9.17, 15) is 14.7 Å². The molecular formula is C27H24BrNO5. The van der Waals surface area contributed by atoms with Crippen LogP contribution < -0.4 is 9.47 Å². The minimum Gasteiger partial charge on any atom is -0.507 e. The molecule has 1 amide bonds. The minimum absolute atomic E-state index is 0.0514. The number of aliphatic hydroxyl groups is 1. The number of Topliss-reactive ketones (excluding diaryl/α,β-unsaturated/α-hetero) is 1. The van der Waals surface area contributed by atoms with Crippen LogP contribution >= 0.6 is 15.9 Å². The quantitative estimate of drug-likeness (QED) is 0.267. The van der Waals surface area contributed by atoms with E-state index in [4.69, 9.17) is 9.47 Å². The number of ether oxygens (including phenoxy) is 2. The fourth-order valence-electron chi connectivity index (χ4n) is 4.17. The lowest BCUT2D eigenvalue weighted by molar-refractivity contribution is -0.140. The first-order chi connectivity index (χ1) is 16.3. The van der Waals surface area contributed by atoms with E-state index in [1.54, 1.807) is 32.4 Å². The van der Waals surface area contributed by atoms with Crippen molar-refractivity contribution in [1.29, 1.82) is 0 Å². The van der Waals surface area contributed by atoms with Gasteiger partial charge >= 0.3 is 0 Å². The smallest absolute Gasteiger partial charge is 0.295 e. The number of benzene rings is 3. The van der Waals surface area contributed by atoms with Gasteiger partial charge in [-0.2, -0.15) is 0 Å². The third-order valence-electron chi connectivity index (χ3n) is 5.81. The zero-order chi connectivity index (χ0) is 24.4. The molecule has 1 atom stereocenters. The predicted octanol–water partition coefficient (Wildman–Crippen LogP) is 5.40. The van der Waals surface area contributed by atoms with Gasteiger partial charge in [0.05, 0.1) is 30.3 Å². The van der Waals surface area contributed by atoms with Crippen LogP contribution in [0.3, 0.4) is 0 Å². The number of carbonyl (C=O) groups is 2. The number of halogens is 1. The SMILES string of the molecule is COc1cccc(CN2C(=O)C(=O)/C(=C(\O)c3ccc(OC)c(Br)c3)C2c2cccc(C)c2)c1. The monoisotopic (exact) mass is 521 g/mol. The van der Waals surface area contributed by atoms with Gasteiger partial charge in [0, 0.05) is 12.1 Å². The van der Waals surface area contributed by atoms with Crippen LogP contribution in [-0.4, -0.2) is 35.9 Å². The minimum atomic E-state index is -0.744. The first-order valence-corrected chi connectivity index (χ1v) is 11.4. The molecule has 1 unspecified atom stereocenters. The number of aliphatic hydroxyl groups excluding tert-OH is 1. The third-order valence-corrected chi connectivity index (χ3v) is 6.43. The van der Waals surface area contributed by atoms with Crippen LogP contribution in [0.4, 0.5) is 0 Å². The lowest BCUT2D eigenvalue weighted by Gasteiger charge is -2.26. The molecule has 0 aromatic heterocycles. The summed E-state index contributed by atoms with van der Waals surface area (Å²) in [5.41, 5.74) is 3.00. The summed E-state index contributed by atoms with van der Waals surface area (Å²) in [7, 11) is 3.12. The summed E-state index contributed by atoms with van der Waals surface area (Å²) in [6, 6.07) is 19.2. The number of hydrogen-bond acceptors (Lipinski definition) is 5. The molecule has 6 nitrogen and oxygen atoms in total. The molecule has 3 aromatic rings. The Balaban J connectivity index is 1.86. The molecular weight excluding hydrogens is 498 g/mol. The Morgan fingerprint density at radius 2 is 1.76 bits per heavy atom. The molecule has 34 heavy (non-hydrogen) atoms. The number of hydrogen-bond donors (Lipinski definition) is 1. The average Bonchev–Trinajstić information content (AvgIpc) is 3.08. The fourth-order valence-corrected chi connectivity index (χ4v) is 4.71. The van der Waals surface area contributed by atoms with Gasteiger partial charge < -0.3 is 19.5 Å². The molecule has 1 N–H and O–H groups in total. The topological polar surface area (TPSA) is 76.1 Å². The zero-order valence-corrected chi connectivity index (χ0v) is 20.6. The molecule has 0 radical (unpaired) electrons. The Bertz CT molecular complexity index is 1300. The van der Waals surface area contributed by atoms with E-state index in [1.807, 2.05) is 55.5 Å². The molecule has 174 valence electrons. The van der Waals surface area contributed by atoms with E-state index in [0.29, 0.717) is 21.5 Å². The molecule has 0 aliphatic carbocycles. The van der Waals surface area contributed by atoms with Crippen LogP contribution in [0, 0.1) is 6.92 Å². The Hall–Kier alpha value is -3.58. The maximum atomic E-state index is 13.3. The third kappa shape index (κ3) is 4.43. The van der Waals surface area contributed by atoms with Crippen molar-refractivity contribution >= 4 is 33.4 Å². The molecule has 3 aromatic carbocycles. The van der Waals surface area contributed by atoms with Gasteiger partial charge in [-0.1, -0.05) is 42.0 Å². The van der Waals surface area contributed by atoms with Crippen molar-refractivity contribution in [3.05, 3.63) is 99.0 Å². The highest BCUT2D eigenvalue weighted by molar-refractivity contribution is 9.10. The van der Waals surface area contributed by atoms with Crippen LogP contribution in [0.2, 0.25) is 0 Å². The van der Waals surface area contributed by atoms with Crippen LogP contribution in [0.25, 0.3) is 5.76 Å². The Morgan fingerprint density at radius 3 is 2.44 bits per heavy atom. The molecule has 1 aliphatic rings. The second kappa shape index (κ2) is 9.73. The van der Waals surface area contributed by atoms with Gasteiger partial charge in [0.15, 0.2) is 0 Å². The highest BCUT2D eigenvalue weighted by atomic mass is 79.9. The van der Waals surface area contributed by atoms with Crippen LogP contribution in [0.5, 0.6) is 11.5 Å². The van der Waals surface area contributed by atoms with Crippen molar-refractivity contribution in [2.24, 2.45) is 0 Å². The van der Waals surface area contributed by atoms with Crippen LogP contribution in [0.15, 0.2) is 76.8 Å². The van der Waals surface area contributed by atoms with E-state index in [0.717, 1.165) is 16.7 Å². The highest BCUT2D eigenvalue weighted by Crippen LogP contribution is 2.41. The summed E-state index contributed by atoms with van der Waals surface area (Å²) in [6.45, 7) is 2.13. The van der Waals surface area contributed by atoms with Crippen molar-refractivity contribution in [3.8, 4) is 11.5 Å². The Kier molecular flexibility index (Phi) is 6.75. The van der Waals surface area contributed by atoms with Gasteiger partial charge in [-0.05, 0) is 64.3 Å². The van der Waals surface area contributed by atoms with Crippen molar-refractivity contribution in [3.63, 3.8) is 0 Å². The summed E-state index contributed by atoms with van der Waals surface area (Å²) < 4.78 is 11.2. The maximum Gasteiger partial charge on any atom is 0.295 e. The van der Waals surface area contributed by atoms with Crippen molar-refractivity contribution < 1.29 is 24.2 Å². The molecule has 0 spiro atoms. The first-order valence-electron chi connectivity index (χ1n) is 10.7. The number of methoxy groups -OCH3 is 2. The van der Waals surface area contributed by atoms with Gasteiger partial charge in [-0.25, -0.2) is 0 Å². The maximum absolute atomic E-state index is 13.3. The number of amides is 1. The molecule has 0 saturated carbocycles. The molecule has 1 heterocycles. The average molecular weight is 522 g/mol. The summed E-state index contributed by atoms with van der Waals surface area (Å²) in [5.74, 6) is -0.377. The zero-order valence-electron chi connectivity index (χ0n) is 19.0. The van der Waals surface area contributed by atoms with Crippen molar-refractivity contribution in [1.82, 2.24) is 4.90 Å². The number of rotatable bonds is 6. The van der Waals surface area contributed by atoms with E-state index < -0.39 is 17.7 Å². The summed E-state index contributed by atoms with van der Waals surface area (Å²) >= 11 is 3.42. The lowest BCUT2D eigenvalue weighted by Crippen LogP contribution is -2.29. The molecule has 1 aliphatic heterocycles. The number of carbonyl (C=O) groups excluding carboxylic acids is 2. The first kappa shape index (κ1) is 23.6. The fraction of sp³-hybridized carbons (Fsp3) is 0.185. The number of aryl methyl sites for hydroxylation is 1. The molecule has 1 saturated heterocycles. The Morgan fingerprint density at radius 1 is 1.00 bits per heavy atom. The summed E-state index contributed by atoms with van der Waals surface area (Å²) in [4.78, 5) is 28.0. The van der Waals surface area contributed by atoms with Crippen LogP contribution in [-0.2, 0) is 16.1 Å². The second-order valence-corrected chi connectivity index (χ2v) is 8.90.